The van der Waals surface area contributed by atoms with Crippen LogP contribution in [0.25, 0.3) is 0 Å². The molecule has 0 atom stereocenters. The monoisotopic (exact) mass is 300 g/mol. The van der Waals surface area contributed by atoms with E-state index in [-0.39, 0.29) is 6.10 Å². The predicted molar refractivity (Wildman–Crippen MR) is 79.3 cm³/mol. The molecule has 112 valence electrons. The van der Waals surface area contributed by atoms with Gasteiger partial charge >= 0.3 is 0 Å². The summed E-state index contributed by atoms with van der Waals surface area (Å²) >= 11 is 6.00. The minimum absolute atomic E-state index is 0.167. The second kappa shape index (κ2) is 7.61. The number of anilines is 2. The van der Waals surface area contributed by atoms with Gasteiger partial charge in [0.2, 0.25) is 5.95 Å². The molecule has 1 aromatic heterocycles. The summed E-state index contributed by atoms with van der Waals surface area (Å²) in [5, 5.41) is 16.3. The first-order valence-corrected chi connectivity index (χ1v) is 7.27. The van der Waals surface area contributed by atoms with Crippen molar-refractivity contribution in [3.8, 4) is 0 Å². The number of aromatic nitrogens is 2. The topological polar surface area (TPSA) is 79.3 Å². The fraction of sp³-hybridized carbons (Fsp3) is 0.692. The van der Waals surface area contributed by atoms with Crippen LogP contribution in [0.4, 0.5) is 11.8 Å². The summed E-state index contributed by atoms with van der Waals surface area (Å²) in [6.07, 6.45) is 3.31. The van der Waals surface area contributed by atoms with Crippen LogP contribution in [0.15, 0.2) is 6.07 Å². The highest BCUT2D eigenvalue weighted by molar-refractivity contribution is 6.29. The Labute approximate surface area is 123 Å². The Kier molecular flexibility index (Phi) is 5.82. The lowest BCUT2D eigenvalue weighted by Gasteiger charge is -2.26. The van der Waals surface area contributed by atoms with Gasteiger partial charge in [-0.2, -0.15) is 4.98 Å². The van der Waals surface area contributed by atoms with Gasteiger partial charge in [0.25, 0.3) is 0 Å². The fourth-order valence-electron chi connectivity index (χ4n) is 2.26. The molecule has 0 aromatic carbocycles. The summed E-state index contributed by atoms with van der Waals surface area (Å²) in [7, 11) is 1.65. The van der Waals surface area contributed by atoms with Crippen LogP contribution < -0.4 is 10.6 Å². The molecule has 1 aliphatic carbocycles. The lowest BCUT2D eigenvalue weighted by molar-refractivity contribution is 0.126. The van der Waals surface area contributed by atoms with Crippen LogP contribution in [-0.4, -0.2) is 47.5 Å². The summed E-state index contributed by atoms with van der Waals surface area (Å²) in [6.45, 7) is 1.27. The van der Waals surface area contributed by atoms with Crippen LogP contribution in [-0.2, 0) is 4.74 Å². The first kappa shape index (κ1) is 15.3. The summed E-state index contributed by atoms with van der Waals surface area (Å²) in [4.78, 5) is 8.57. The Morgan fingerprint density at radius 1 is 1.35 bits per heavy atom. The van der Waals surface area contributed by atoms with Gasteiger partial charge in [0.05, 0.1) is 12.7 Å². The molecular weight excluding hydrogens is 280 g/mol. The second-order valence-electron chi connectivity index (χ2n) is 4.97. The molecule has 0 aliphatic heterocycles. The molecule has 1 heterocycles. The SMILES string of the molecule is COCCNc1cc(Cl)nc(NC2CCC(O)CC2)n1. The van der Waals surface area contributed by atoms with Crippen molar-refractivity contribution >= 4 is 23.4 Å². The average molecular weight is 301 g/mol. The van der Waals surface area contributed by atoms with E-state index in [1.165, 1.54) is 0 Å². The molecule has 3 N–H and O–H groups in total. The molecule has 0 bridgehead atoms. The molecule has 7 heteroatoms. The fourth-order valence-corrected chi connectivity index (χ4v) is 2.44. The number of nitrogens with zero attached hydrogens (tertiary/aromatic N) is 2. The standard InChI is InChI=1S/C13H21ClN4O2/c1-20-7-6-15-12-8-11(14)17-13(18-12)16-9-2-4-10(19)5-3-9/h8-10,19H,2-7H2,1H3,(H2,15,16,17,18). The first-order valence-electron chi connectivity index (χ1n) is 6.89. The molecule has 0 saturated heterocycles. The molecule has 1 aliphatic rings. The highest BCUT2D eigenvalue weighted by Gasteiger charge is 2.20. The maximum atomic E-state index is 9.50. The van der Waals surface area contributed by atoms with E-state index in [9.17, 15) is 5.11 Å². The third-order valence-corrected chi connectivity index (χ3v) is 3.53. The van der Waals surface area contributed by atoms with Gasteiger partial charge in [0.15, 0.2) is 0 Å². The average Bonchev–Trinajstić information content (AvgIpc) is 2.41. The predicted octanol–water partition coefficient (Wildman–Crippen LogP) is 1.90. The quantitative estimate of drug-likeness (QED) is 0.550. The van der Waals surface area contributed by atoms with Crippen LogP contribution in [0.1, 0.15) is 25.7 Å². The van der Waals surface area contributed by atoms with E-state index in [4.69, 9.17) is 16.3 Å². The number of aliphatic hydroxyl groups excluding tert-OH is 1. The highest BCUT2D eigenvalue weighted by Crippen LogP contribution is 2.22. The lowest BCUT2D eigenvalue weighted by Crippen LogP contribution is -2.29. The van der Waals surface area contributed by atoms with Crippen molar-refractivity contribution in [2.24, 2.45) is 0 Å². The Bertz CT molecular complexity index is 425. The van der Waals surface area contributed by atoms with Gasteiger partial charge in [-0.15, -0.1) is 0 Å². The number of rotatable bonds is 6. The number of nitrogens with one attached hydrogen (secondary N) is 2. The number of hydrogen-bond acceptors (Lipinski definition) is 6. The second-order valence-corrected chi connectivity index (χ2v) is 5.36. The number of ether oxygens (including phenoxy) is 1. The van der Waals surface area contributed by atoms with Gasteiger partial charge in [-0.3, -0.25) is 0 Å². The van der Waals surface area contributed by atoms with Gasteiger partial charge in [-0.05, 0) is 25.7 Å². The number of methoxy groups -OCH3 is 1. The Morgan fingerprint density at radius 2 is 2.10 bits per heavy atom. The molecule has 0 spiro atoms. The maximum absolute atomic E-state index is 9.50. The van der Waals surface area contributed by atoms with Crippen molar-refractivity contribution in [2.75, 3.05) is 30.9 Å². The zero-order valence-corrected chi connectivity index (χ0v) is 12.4. The molecule has 0 radical (unpaired) electrons. The van der Waals surface area contributed by atoms with Gasteiger partial charge < -0.3 is 20.5 Å². The van der Waals surface area contributed by atoms with Crippen molar-refractivity contribution < 1.29 is 9.84 Å². The molecule has 20 heavy (non-hydrogen) atoms. The summed E-state index contributed by atoms with van der Waals surface area (Å²) < 4.78 is 4.98. The first-order chi connectivity index (χ1) is 9.67. The molecule has 1 fully saturated rings. The van der Waals surface area contributed by atoms with Crippen LogP contribution >= 0.6 is 11.6 Å². The summed E-state index contributed by atoms with van der Waals surface area (Å²) in [5.74, 6) is 1.21. The van der Waals surface area contributed by atoms with Crippen LogP contribution in [0, 0.1) is 0 Å². The van der Waals surface area contributed by atoms with E-state index in [2.05, 4.69) is 20.6 Å². The smallest absolute Gasteiger partial charge is 0.226 e. The minimum Gasteiger partial charge on any atom is -0.393 e. The zero-order valence-electron chi connectivity index (χ0n) is 11.6. The summed E-state index contributed by atoms with van der Waals surface area (Å²) in [6, 6.07) is 1.98. The van der Waals surface area contributed by atoms with Crippen molar-refractivity contribution in [3.05, 3.63) is 11.2 Å². The van der Waals surface area contributed by atoms with Crippen LogP contribution in [0.2, 0.25) is 5.15 Å². The number of hydrogen-bond donors (Lipinski definition) is 3. The summed E-state index contributed by atoms with van der Waals surface area (Å²) in [5.41, 5.74) is 0. The molecule has 2 rings (SSSR count). The third-order valence-electron chi connectivity index (χ3n) is 3.34. The molecule has 1 aromatic rings. The number of halogens is 1. The normalized spacial score (nSPS) is 22.6. The van der Waals surface area contributed by atoms with Crippen LogP contribution in [0.3, 0.4) is 0 Å². The Morgan fingerprint density at radius 3 is 2.80 bits per heavy atom. The van der Waals surface area contributed by atoms with E-state index < -0.39 is 0 Å². The van der Waals surface area contributed by atoms with E-state index in [0.717, 1.165) is 25.7 Å². The molecule has 6 nitrogen and oxygen atoms in total. The van der Waals surface area contributed by atoms with Gasteiger partial charge in [-0.25, -0.2) is 4.98 Å². The third kappa shape index (κ3) is 4.77. The van der Waals surface area contributed by atoms with Crippen molar-refractivity contribution in [3.63, 3.8) is 0 Å². The van der Waals surface area contributed by atoms with E-state index >= 15 is 0 Å². The van der Waals surface area contributed by atoms with Crippen molar-refractivity contribution in [2.45, 2.75) is 37.8 Å². The van der Waals surface area contributed by atoms with E-state index in [0.29, 0.717) is 36.1 Å². The number of aliphatic hydroxyl groups is 1. The molecule has 0 amide bonds. The molecule has 1 saturated carbocycles. The molecular formula is C13H21ClN4O2. The molecule has 0 unspecified atom stereocenters. The minimum atomic E-state index is -0.167. The van der Waals surface area contributed by atoms with E-state index in [1.54, 1.807) is 13.2 Å². The zero-order chi connectivity index (χ0) is 14.4. The Balaban J connectivity index is 1.93. The van der Waals surface area contributed by atoms with Crippen molar-refractivity contribution in [1.82, 2.24) is 9.97 Å². The van der Waals surface area contributed by atoms with Gasteiger partial charge in [0, 0.05) is 25.8 Å². The van der Waals surface area contributed by atoms with E-state index in [1.807, 2.05) is 0 Å². The van der Waals surface area contributed by atoms with Crippen molar-refractivity contribution in [1.29, 1.82) is 0 Å². The van der Waals surface area contributed by atoms with Gasteiger partial charge in [0.1, 0.15) is 11.0 Å². The Hall–Kier alpha value is -1.11. The maximum Gasteiger partial charge on any atom is 0.226 e. The van der Waals surface area contributed by atoms with Gasteiger partial charge in [-0.1, -0.05) is 11.6 Å². The highest BCUT2D eigenvalue weighted by atomic mass is 35.5. The largest absolute Gasteiger partial charge is 0.393 e. The lowest BCUT2D eigenvalue weighted by atomic mass is 9.93. The van der Waals surface area contributed by atoms with Crippen LogP contribution in [0.5, 0.6) is 0 Å².